The topological polar surface area (TPSA) is 126 Å². The van der Waals surface area contributed by atoms with Crippen molar-refractivity contribution in [2.24, 2.45) is 0 Å². The zero-order chi connectivity index (χ0) is 23.7. The summed E-state index contributed by atoms with van der Waals surface area (Å²) < 4.78 is 0. The van der Waals surface area contributed by atoms with Crippen LogP contribution < -0.4 is 16.4 Å². The molecule has 0 spiro atoms. The van der Waals surface area contributed by atoms with Crippen molar-refractivity contribution in [3.63, 3.8) is 0 Å². The van der Waals surface area contributed by atoms with Crippen LogP contribution in [0.3, 0.4) is 0 Å². The average Bonchev–Trinajstić information content (AvgIpc) is 3.25. The molecule has 168 valence electrons. The van der Waals surface area contributed by atoms with Crippen LogP contribution in [0.1, 0.15) is 11.3 Å². The number of amides is 2. The lowest BCUT2D eigenvalue weighted by Gasteiger charge is -2.11. The normalized spacial score (nSPS) is 11.0. The molecule has 0 atom stereocenters. The highest BCUT2D eigenvalue weighted by molar-refractivity contribution is 6.39. The number of nitrogen functional groups attached to an aromatic ring is 1. The Balaban J connectivity index is 1.31. The highest BCUT2D eigenvalue weighted by Crippen LogP contribution is 2.31. The maximum absolute atomic E-state index is 12.4. The summed E-state index contributed by atoms with van der Waals surface area (Å²) in [4.78, 5) is 36.4. The van der Waals surface area contributed by atoms with E-state index in [-0.39, 0.29) is 12.4 Å². The fourth-order valence-electron chi connectivity index (χ4n) is 3.93. The largest absolute Gasteiger partial charge is 0.398 e. The number of carbonyl (C=O) groups is 2. The Morgan fingerprint density at radius 1 is 1.00 bits per heavy atom. The number of hydrogen-bond acceptors (Lipinski definition) is 5. The first-order valence-corrected chi connectivity index (χ1v) is 10.7. The van der Waals surface area contributed by atoms with Gasteiger partial charge in [-0.05, 0) is 65.2 Å². The van der Waals surface area contributed by atoms with Gasteiger partial charge in [0.1, 0.15) is 5.82 Å². The number of H-pyrrole nitrogens is 1. The van der Waals surface area contributed by atoms with Crippen LogP contribution >= 0.6 is 0 Å². The number of nitrogens with two attached hydrogens (primary N) is 1. The molecule has 2 amide bonds. The molecule has 3 heterocycles. The SMILES string of the molecule is Cc1ccncc1-c1cc(N)c2cnc(NC(=O)C(=O)NCc3cc4ccccc4[nH]3)cc2c1. The van der Waals surface area contributed by atoms with Gasteiger partial charge in [0.05, 0.1) is 6.54 Å². The van der Waals surface area contributed by atoms with Crippen molar-refractivity contribution in [3.8, 4) is 11.1 Å². The number of aromatic nitrogens is 3. The van der Waals surface area contributed by atoms with Crippen molar-refractivity contribution in [1.29, 1.82) is 0 Å². The summed E-state index contributed by atoms with van der Waals surface area (Å²) in [5, 5.41) is 7.78. The molecule has 34 heavy (non-hydrogen) atoms. The Morgan fingerprint density at radius 2 is 1.85 bits per heavy atom. The Kier molecular flexibility index (Phi) is 5.39. The van der Waals surface area contributed by atoms with Gasteiger partial charge >= 0.3 is 11.8 Å². The number of hydrogen-bond donors (Lipinski definition) is 4. The second kappa shape index (κ2) is 8.67. The number of aromatic amines is 1. The maximum atomic E-state index is 12.4. The number of aryl methyl sites for hydroxylation is 1. The molecule has 0 aliphatic rings. The molecular formula is C26H22N6O2. The molecule has 0 aliphatic carbocycles. The van der Waals surface area contributed by atoms with Crippen LogP contribution in [0.4, 0.5) is 11.5 Å². The number of nitrogens with one attached hydrogen (secondary N) is 3. The molecule has 0 fully saturated rings. The molecular weight excluding hydrogens is 428 g/mol. The number of para-hydroxylation sites is 1. The van der Waals surface area contributed by atoms with Crippen LogP contribution in [0.15, 0.2) is 73.2 Å². The highest BCUT2D eigenvalue weighted by Gasteiger charge is 2.15. The van der Waals surface area contributed by atoms with Crippen molar-refractivity contribution in [2.75, 3.05) is 11.1 Å². The molecule has 0 saturated heterocycles. The van der Waals surface area contributed by atoms with E-state index in [0.717, 1.165) is 44.1 Å². The minimum atomic E-state index is -0.796. The zero-order valence-electron chi connectivity index (χ0n) is 18.4. The van der Waals surface area contributed by atoms with Gasteiger partial charge in [0.2, 0.25) is 0 Å². The van der Waals surface area contributed by atoms with Gasteiger partial charge in [-0.15, -0.1) is 0 Å². The van der Waals surface area contributed by atoms with Gasteiger partial charge in [-0.3, -0.25) is 14.6 Å². The molecule has 5 N–H and O–H groups in total. The van der Waals surface area contributed by atoms with Crippen LogP contribution in [0.5, 0.6) is 0 Å². The number of pyridine rings is 2. The van der Waals surface area contributed by atoms with Crippen molar-refractivity contribution in [3.05, 3.63) is 84.4 Å². The minimum absolute atomic E-state index is 0.205. The van der Waals surface area contributed by atoms with Gasteiger partial charge < -0.3 is 21.4 Å². The molecule has 5 aromatic rings. The van der Waals surface area contributed by atoms with Crippen molar-refractivity contribution >= 4 is 45.0 Å². The number of fused-ring (bicyclic) bond motifs is 2. The van der Waals surface area contributed by atoms with E-state index >= 15 is 0 Å². The van der Waals surface area contributed by atoms with Crippen LogP contribution in [-0.4, -0.2) is 26.8 Å². The second-order valence-electron chi connectivity index (χ2n) is 8.07. The number of rotatable bonds is 4. The molecule has 0 aliphatic heterocycles. The standard InChI is InChI=1S/C26H22N6O2/c1-15-6-7-28-13-20(15)17-8-18-11-24(29-14-21(18)22(27)10-17)32-26(34)25(33)30-12-19-9-16-4-2-3-5-23(16)31-19/h2-11,13-14,31H,12,27H2,1H3,(H,30,33)(H,29,32,34). The Morgan fingerprint density at radius 3 is 2.68 bits per heavy atom. The van der Waals surface area contributed by atoms with E-state index in [1.807, 2.05) is 55.5 Å². The minimum Gasteiger partial charge on any atom is -0.398 e. The predicted octanol–water partition coefficient (Wildman–Crippen LogP) is 3.92. The first-order chi connectivity index (χ1) is 16.5. The van der Waals surface area contributed by atoms with Crippen LogP contribution in [0.25, 0.3) is 32.8 Å². The number of anilines is 2. The quantitative estimate of drug-likeness (QED) is 0.244. The van der Waals surface area contributed by atoms with Crippen LogP contribution in [-0.2, 0) is 16.1 Å². The van der Waals surface area contributed by atoms with E-state index < -0.39 is 11.8 Å². The monoisotopic (exact) mass is 450 g/mol. The summed E-state index contributed by atoms with van der Waals surface area (Å²) >= 11 is 0. The van der Waals surface area contributed by atoms with Crippen LogP contribution in [0.2, 0.25) is 0 Å². The van der Waals surface area contributed by atoms with Gasteiger partial charge in [0, 0.05) is 46.4 Å². The Labute approximate surface area is 195 Å². The molecule has 0 unspecified atom stereocenters. The van der Waals surface area contributed by atoms with Gasteiger partial charge in [-0.1, -0.05) is 18.2 Å². The number of benzene rings is 2. The van der Waals surface area contributed by atoms with Gasteiger partial charge in [0.15, 0.2) is 0 Å². The summed E-state index contributed by atoms with van der Waals surface area (Å²) in [6.07, 6.45) is 5.11. The van der Waals surface area contributed by atoms with E-state index in [2.05, 4.69) is 25.6 Å². The second-order valence-corrected chi connectivity index (χ2v) is 8.07. The molecule has 0 bridgehead atoms. The number of carbonyl (C=O) groups excluding carboxylic acids is 2. The lowest BCUT2D eigenvalue weighted by atomic mass is 9.99. The lowest BCUT2D eigenvalue weighted by molar-refractivity contribution is -0.136. The third-order valence-electron chi connectivity index (χ3n) is 5.69. The van der Waals surface area contributed by atoms with Gasteiger partial charge in [-0.25, -0.2) is 4.98 Å². The van der Waals surface area contributed by atoms with E-state index in [1.165, 1.54) is 0 Å². The Bertz CT molecular complexity index is 1520. The summed E-state index contributed by atoms with van der Waals surface area (Å²) in [6.45, 7) is 2.21. The predicted molar refractivity (Wildman–Crippen MR) is 133 cm³/mol. The summed E-state index contributed by atoms with van der Waals surface area (Å²) in [7, 11) is 0. The van der Waals surface area contributed by atoms with Crippen molar-refractivity contribution in [1.82, 2.24) is 20.3 Å². The third kappa shape index (κ3) is 4.16. The molecule has 2 aromatic carbocycles. The molecule has 5 rings (SSSR count). The fraction of sp³-hybridized carbons (Fsp3) is 0.0769. The van der Waals surface area contributed by atoms with Crippen molar-refractivity contribution in [2.45, 2.75) is 13.5 Å². The summed E-state index contributed by atoms with van der Waals surface area (Å²) in [5.74, 6) is -1.28. The molecule has 8 nitrogen and oxygen atoms in total. The lowest BCUT2D eigenvalue weighted by Crippen LogP contribution is -2.35. The summed E-state index contributed by atoms with van der Waals surface area (Å²) in [5.41, 5.74) is 11.5. The summed E-state index contributed by atoms with van der Waals surface area (Å²) in [6, 6.07) is 17.2. The van der Waals surface area contributed by atoms with E-state index in [0.29, 0.717) is 5.69 Å². The third-order valence-corrected chi connectivity index (χ3v) is 5.69. The molecule has 0 radical (unpaired) electrons. The van der Waals surface area contributed by atoms with Crippen molar-refractivity contribution < 1.29 is 9.59 Å². The van der Waals surface area contributed by atoms with Gasteiger partial charge in [-0.2, -0.15) is 0 Å². The van der Waals surface area contributed by atoms with E-state index in [9.17, 15) is 9.59 Å². The fourth-order valence-corrected chi connectivity index (χ4v) is 3.93. The average molecular weight is 451 g/mol. The van der Waals surface area contributed by atoms with Gasteiger partial charge in [0.25, 0.3) is 0 Å². The van der Waals surface area contributed by atoms with E-state index in [1.54, 1.807) is 24.7 Å². The maximum Gasteiger partial charge on any atom is 0.314 e. The number of nitrogens with zero attached hydrogens (tertiary/aromatic N) is 2. The van der Waals surface area contributed by atoms with Crippen LogP contribution in [0, 0.1) is 6.92 Å². The molecule has 0 saturated carbocycles. The smallest absolute Gasteiger partial charge is 0.314 e. The highest BCUT2D eigenvalue weighted by atomic mass is 16.2. The zero-order valence-corrected chi connectivity index (χ0v) is 18.4. The Hall–Kier alpha value is -4.72. The van der Waals surface area contributed by atoms with E-state index in [4.69, 9.17) is 5.73 Å². The first kappa shape index (κ1) is 21.1. The molecule has 8 heteroatoms. The first-order valence-electron chi connectivity index (χ1n) is 10.7. The molecule has 3 aromatic heterocycles.